The lowest BCUT2D eigenvalue weighted by molar-refractivity contribution is 0.0529. The van der Waals surface area contributed by atoms with Crippen LogP contribution in [0.5, 0.6) is 5.75 Å². The van der Waals surface area contributed by atoms with E-state index < -0.39 is 0 Å². The number of aromatic nitrogens is 1. The van der Waals surface area contributed by atoms with Crippen molar-refractivity contribution in [1.82, 2.24) is 10.3 Å². The summed E-state index contributed by atoms with van der Waals surface area (Å²) in [4.78, 5) is 6.83. The summed E-state index contributed by atoms with van der Waals surface area (Å²) >= 11 is 0. The summed E-state index contributed by atoms with van der Waals surface area (Å²) in [5.41, 5.74) is 2.21. The van der Waals surface area contributed by atoms with Crippen molar-refractivity contribution in [3.63, 3.8) is 0 Å². The lowest BCUT2D eigenvalue weighted by Crippen LogP contribution is -2.41. The van der Waals surface area contributed by atoms with Crippen LogP contribution in [0.3, 0.4) is 0 Å². The minimum absolute atomic E-state index is 0.259. The molecule has 2 N–H and O–H groups in total. The lowest BCUT2D eigenvalue weighted by atomic mass is 10.2. The maximum absolute atomic E-state index is 9.45. The van der Waals surface area contributed by atoms with Crippen molar-refractivity contribution >= 4 is 5.82 Å². The zero-order valence-corrected chi connectivity index (χ0v) is 13.4. The molecule has 1 aromatic carbocycles. The van der Waals surface area contributed by atoms with E-state index in [-0.39, 0.29) is 6.10 Å². The molecule has 5 nitrogen and oxygen atoms in total. The molecule has 1 fully saturated rings. The van der Waals surface area contributed by atoms with E-state index >= 15 is 0 Å². The number of phenolic OH excluding ortho intramolecular Hbond substituents is 1. The molecule has 0 spiro atoms. The number of hydrogen-bond donors (Lipinski definition) is 2. The average molecular weight is 313 g/mol. The molecule has 1 aliphatic heterocycles. The van der Waals surface area contributed by atoms with Crippen molar-refractivity contribution in [1.29, 1.82) is 0 Å². The monoisotopic (exact) mass is 313 g/mol. The van der Waals surface area contributed by atoms with Crippen LogP contribution < -0.4 is 10.2 Å². The Bertz CT molecular complexity index is 630. The SMILES string of the molecule is CC1CN(c2ccc(CNCc3cccc(O)c3)cn2)CCO1. The standard InChI is InChI=1S/C18H23N3O2/c1-14-13-21(7-8-23-14)18-6-5-16(12-20-18)11-19-10-15-3-2-4-17(22)9-15/h2-6,9,12,14,19,22H,7-8,10-11,13H2,1H3. The molecule has 1 atom stereocenters. The molecule has 0 saturated carbocycles. The van der Waals surface area contributed by atoms with Gasteiger partial charge in [0.25, 0.3) is 0 Å². The van der Waals surface area contributed by atoms with Gasteiger partial charge >= 0.3 is 0 Å². The molecule has 1 aromatic heterocycles. The van der Waals surface area contributed by atoms with E-state index in [0.717, 1.165) is 49.7 Å². The predicted octanol–water partition coefficient (Wildman–Crippen LogP) is 2.30. The first-order valence-electron chi connectivity index (χ1n) is 8.01. The van der Waals surface area contributed by atoms with E-state index in [0.29, 0.717) is 5.75 Å². The summed E-state index contributed by atoms with van der Waals surface area (Å²) in [7, 11) is 0. The van der Waals surface area contributed by atoms with Gasteiger partial charge in [0.15, 0.2) is 0 Å². The molecule has 1 unspecified atom stereocenters. The number of pyridine rings is 1. The molecule has 0 radical (unpaired) electrons. The van der Waals surface area contributed by atoms with Crippen molar-refractivity contribution < 1.29 is 9.84 Å². The fourth-order valence-corrected chi connectivity index (χ4v) is 2.75. The summed E-state index contributed by atoms with van der Waals surface area (Å²) in [6.07, 6.45) is 2.18. The Labute approximate surface area is 136 Å². The van der Waals surface area contributed by atoms with Crippen molar-refractivity contribution in [2.45, 2.75) is 26.1 Å². The number of phenols is 1. The number of aromatic hydroxyl groups is 1. The second-order valence-corrected chi connectivity index (χ2v) is 5.93. The number of anilines is 1. The fraction of sp³-hybridized carbons (Fsp3) is 0.389. The number of rotatable bonds is 5. The number of hydrogen-bond acceptors (Lipinski definition) is 5. The molecule has 5 heteroatoms. The van der Waals surface area contributed by atoms with Crippen LogP contribution >= 0.6 is 0 Å². The summed E-state index contributed by atoms with van der Waals surface area (Å²) in [6.45, 7) is 6.11. The summed E-state index contributed by atoms with van der Waals surface area (Å²) < 4.78 is 5.56. The van der Waals surface area contributed by atoms with E-state index in [1.807, 2.05) is 18.3 Å². The molecule has 1 saturated heterocycles. The van der Waals surface area contributed by atoms with Gasteiger partial charge in [-0.25, -0.2) is 4.98 Å². The highest BCUT2D eigenvalue weighted by Gasteiger charge is 2.17. The van der Waals surface area contributed by atoms with E-state index in [4.69, 9.17) is 4.74 Å². The lowest BCUT2D eigenvalue weighted by Gasteiger charge is -2.32. The third-order valence-electron chi connectivity index (χ3n) is 3.94. The Hall–Kier alpha value is -2.11. The molecule has 2 aromatic rings. The summed E-state index contributed by atoms with van der Waals surface area (Å²) in [5.74, 6) is 1.31. The first-order valence-corrected chi connectivity index (χ1v) is 8.01. The number of nitrogens with zero attached hydrogens (tertiary/aromatic N) is 2. The predicted molar refractivity (Wildman–Crippen MR) is 90.5 cm³/mol. The number of nitrogens with one attached hydrogen (secondary N) is 1. The van der Waals surface area contributed by atoms with Crippen LogP contribution in [0.25, 0.3) is 0 Å². The Balaban J connectivity index is 1.51. The van der Waals surface area contributed by atoms with Crippen LogP contribution in [0.2, 0.25) is 0 Å². The Morgan fingerprint density at radius 2 is 2.13 bits per heavy atom. The van der Waals surface area contributed by atoms with E-state index in [2.05, 4.69) is 34.3 Å². The van der Waals surface area contributed by atoms with Crippen molar-refractivity contribution in [2.75, 3.05) is 24.6 Å². The number of morpholine rings is 1. The molecule has 1 aliphatic rings. The van der Waals surface area contributed by atoms with Gasteiger partial charge in [0.05, 0.1) is 12.7 Å². The second-order valence-electron chi connectivity index (χ2n) is 5.93. The van der Waals surface area contributed by atoms with E-state index in [9.17, 15) is 5.11 Å². The van der Waals surface area contributed by atoms with Gasteiger partial charge in [0.1, 0.15) is 11.6 Å². The zero-order chi connectivity index (χ0) is 16.1. The maximum Gasteiger partial charge on any atom is 0.128 e. The van der Waals surface area contributed by atoms with Gasteiger partial charge in [-0.3, -0.25) is 0 Å². The third-order valence-corrected chi connectivity index (χ3v) is 3.94. The minimum Gasteiger partial charge on any atom is -0.508 e. The molecule has 0 aliphatic carbocycles. The first kappa shape index (κ1) is 15.8. The number of benzene rings is 1. The average Bonchev–Trinajstić information content (AvgIpc) is 2.56. The Morgan fingerprint density at radius 1 is 1.26 bits per heavy atom. The normalized spacial score (nSPS) is 18.1. The highest BCUT2D eigenvalue weighted by atomic mass is 16.5. The molecule has 122 valence electrons. The van der Waals surface area contributed by atoms with Gasteiger partial charge in [-0.1, -0.05) is 18.2 Å². The highest BCUT2D eigenvalue weighted by molar-refractivity contribution is 5.40. The third kappa shape index (κ3) is 4.43. The Kier molecular flexibility index (Phi) is 5.10. The molecular weight excluding hydrogens is 290 g/mol. The summed E-state index contributed by atoms with van der Waals surface area (Å²) in [6, 6.07) is 11.5. The molecular formula is C18H23N3O2. The first-order chi connectivity index (χ1) is 11.2. The van der Waals surface area contributed by atoms with Gasteiger partial charge < -0.3 is 20.1 Å². The fourth-order valence-electron chi connectivity index (χ4n) is 2.75. The largest absolute Gasteiger partial charge is 0.508 e. The Morgan fingerprint density at radius 3 is 2.87 bits per heavy atom. The van der Waals surface area contributed by atoms with Gasteiger partial charge in [-0.2, -0.15) is 0 Å². The highest BCUT2D eigenvalue weighted by Crippen LogP contribution is 2.15. The van der Waals surface area contributed by atoms with E-state index in [1.165, 1.54) is 0 Å². The molecule has 3 rings (SSSR count). The van der Waals surface area contributed by atoms with Crippen LogP contribution in [0.4, 0.5) is 5.82 Å². The van der Waals surface area contributed by atoms with Gasteiger partial charge in [-0.15, -0.1) is 0 Å². The van der Waals surface area contributed by atoms with Crippen LogP contribution in [-0.2, 0) is 17.8 Å². The van der Waals surface area contributed by atoms with Crippen LogP contribution in [-0.4, -0.2) is 35.9 Å². The van der Waals surface area contributed by atoms with Gasteiger partial charge in [0, 0.05) is 32.4 Å². The van der Waals surface area contributed by atoms with Gasteiger partial charge in [0.2, 0.25) is 0 Å². The molecule has 23 heavy (non-hydrogen) atoms. The second kappa shape index (κ2) is 7.44. The van der Waals surface area contributed by atoms with Crippen LogP contribution in [0.1, 0.15) is 18.1 Å². The van der Waals surface area contributed by atoms with Crippen LogP contribution in [0.15, 0.2) is 42.6 Å². The molecule has 0 bridgehead atoms. The quantitative estimate of drug-likeness (QED) is 0.887. The smallest absolute Gasteiger partial charge is 0.128 e. The van der Waals surface area contributed by atoms with Crippen molar-refractivity contribution in [3.8, 4) is 5.75 Å². The maximum atomic E-state index is 9.45. The molecule has 0 amide bonds. The van der Waals surface area contributed by atoms with Gasteiger partial charge in [-0.05, 0) is 36.2 Å². The topological polar surface area (TPSA) is 57.6 Å². The van der Waals surface area contributed by atoms with E-state index in [1.54, 1.807) is 12.1 Å². The zero-order valence-electron chi connectivity index (χ0n) is 13.4. The molecule has 2 heterocycles. The van der Waals surface area contributed by atoms with Crippen LogP contribution in [0, 0.1) is 0 Å². The van der Waals surface area contributed by atoms with Crippen molar-refractivity contribution in [3.05, 3.63) is 53.7 Å². The minimum atomic E-state index is 0.259. The summed E-state index contributed by atoms with van der Waals surface area (Å²) in [5, 5.41) is 12.8. The van der Waals surface area contributed by atoms with Crippen molar-refractivity contribution in [2.24, 2.45) is 0 Å². The number of ether oxygens (including phenoxy) is 1.